The quantitative estimate of drug-likeness (QED) is 0.690. The minimum absolute atomic E-state index is 0.926. The van der Waals surface area contributed by atoms with Crippen molar-refractivity contribution in [2.45, 2.75) is 76.3 Å². The molecule has 0 N–H and O–H groups in total. The molecule has 0 atom stereocenters. The molecule has 2 heteroatoms. The average Bonchev–Trinajstić information content (AvgIpc) is 3.02. The summed E-state index contributed by atoms with van der Waals surface area (Å²) in [6.45, 7) is 2.69. The number of hydrogen-bond acceptors (Lipinski definition) is 1. The van der Waals surface area contributed by atoms with Crippen LogP contribution in [-0.2, 0) is 0 Å². The Morgan fingerprint density at radius 2 is 1.08 bits per heavy atom. The molecule has 1 aliphatic heterocycles. The van der Waals surface area contributed by atoms with Crippen molar-refractivity contribution in [1.29, 1.82) is 0 Å². The first-order valence-corrected chi connectivity index (χ1v) is 11.7. The van der Waals surface area contributed by atoms with Gasteiger partial charge in [0.1, 0.15) is 25.2 Å². The third kappa shape index (κ3) is 2.06. The van der Waals surface area contributed by atoms with Crippen molar-refractivity contribution in [2.75, 3.05) is 13.1 Å². The Morgan fingerprint density at radius 3 is 1.60 bits per heavy atom. The van der Waals surface area contributed by atoms with Crippen LogP contribution < -0.4 is 0 Å². The van der Waals surface area contributed by atoms with Crippen molar-refractivity contribution in [1.82, 2.24) is 4.90 Å². The highest BCUT2D eigenvalue weighted by Crippen LogP contribution is 2.56. The Kier molecular flexibility index (Phi) is 2.93. The van der Waals surface area contributed by atoms with E-state index in [-0.39, 0.29) is 0 Å². The van der Waals surface area contributed by atoms with Gasteiger partial charge in [0.15, 0.2) is 0 Å². The molecule has 0 radical (unpaired) electrons. The van der Waals surface area contributed by atoms with Gasteiger partial charge in [-0.25, -0.2) is 0 Å². The molecule has 0 aromatic rings. The molecule has 0 unspecified atom stereocenters. The second kappa shape index (κ2) is 5.04. The lowest BCUT2D eigenvalue weighted by Crippen LogP contribution is -2.55. The highest BCUT2D eigenvalue weighted by atomic mass is 15.3. The lowest BCUT2D eigenvalue weighted by Gasteiger charge is -2.54. The maximum Gasteiger partial charge on any atom is 0.234 e. The van der Waals surface area contributed by atoms with Crippen molar-refractivity contribution in [2.24, 2.45) is 47.3 Å². The van der Waals surface area contributed by atoms with Crippen LogP contribution in [0.15, 0.2) is 0 Å². The zero-order chi connectivity index (χ0) is 16.1. The molecule has 25 heavy (non-hydrogen) atoms. The van der Waals surface area contributed by atoms with Crippen LogP contribution in [0.1, 0.15) is 64.2 Å². The summed E-state index contributed by atoms with van der Waals surface area (Å²) < 4.78 is 2.87. The van der Waals surface area contributed by atoms with Crippen LogP contribution in [-0.4, -0.2) is 41.0 Å². The molecule has 8 fully saturated rings. The summed E-state index contributed by atoms with van der Waals surface area (Å²) in [4.78, 5) is 2.87. The lowest BCUT2D eigenvalue weighted by molar-refractivity contribution is -0.580. The van der Waals surface area contributed by atoms with Crippen LogP contribution in [0.4, 0.5) is 0 Å². The van der Waals surface area contributed by atoms with Crippen LogP contribution >= 0.6 is 0 Å². The first-order valence-electron chi connectivity index (χ1n) is 11.7. The molecule has 0 spiro atoms. The highest BCUT2D eigenvalue weighted by Gasteiger charge is 2.55. The van der Waals surface area contributed by atoms with Crippen molar-refractivity contribution in [3.63, 3.8) is 0 Å². The molecule has 0 aromatic carbocycles. The van der Waals surface area contributed by atoms with Crippen molar-refractivity contribution >= 4 is 6.34 Å². The van der Waals surface area contributed by atoms with E-state index in [1.165, 1.54) is 13.1 Å². The van der Waals surface area contributed by atoms with E-state index in [1.54, 1.807) is 64.2 Å². The fourth-order valence-corrected chi connectivity index (χ4v) is 9.87. The average molecular weight is 340 g/mol. The first-order chi connectivity index (χ1) is 12.3. The van der Waals surface area contributed by atoms with Gasteiger partial charge >= 0.3 is 0 Å². The Bertz CT molecular complexity index is 551. The molecule has 9 aliphatic rings. The van der Waals surface area contributed by atoms with Crippen molar-refractivity contribution in [3.8, 4) is 0 Å². The highest BCUT2D eigenvalue weighted by molar-refractivity contribution is 5.52. The van der Waals surface area contributed by atoms with E-state index >= 15 is 0 Å². The van der Waals surface area contributed by atoms with Crippen LogP contribution in [0.3, 0.4) is 0 Å². The number of nitrogens with zero attached hydrogens (tertiary/aromatic N) is 2. The molecule has 9 rings (SSSR count). The van der Waals surface area contributed by atoms with Gasteiger partial charge in [-0.05, 0) is 87.9 Å². The first kappa shape index (κ1) is 14.5. The molecule has 136 valence electrons. The summed E-state index contributed by atoms with van der Waals surface area (Å²) in [6.07, 6.45) is 18.4. The van der Waals surface area contributed by atoms with Gasteiger partial charge in [-0.1, -0.05) is 0 Å². The van der Waals surface area contributed by atoms with Gasteiger partial charge in [-0.3, -0.25) is 9.48 Å². The van der Waals surface area contributed by atoms with Gasteiger partial charge < -0.3 is 0 Å². The third-order valence-corrected chi connectivity index (χ3v) is 10.0. The Hall–Kier alpha value is -0.530. The standard InChI is InChI=1S/C23H35N2/c1-2-25(23-20-9-16-4-17(11-20)12-21(23)10-16)13-24(1)22-18-5-14-3-15(7-18)8-19(22)6-14/h13-23H,1-12H2/q+1. The largest absolute Gasteiger partial charge is 0.261 e. The van der Waals surface area contributed by atoms with Crippen LogP contribution in [0.25, 0.3) is 0 Å². The van der Waals surface area contributed by atoms with E-state index in [9.17, 15) is 0 Å². The van der Waals surface area contributed by atoms with E-state index in [1.807, 2.05) is 0 Å². The Labute approximate surface area is 153 Å². The topological polar surface area (TPSA) is 6.25 Å². The van der Waals surface area contributed by atoms with Gasteiger partial charge in [0.2, 0.25) is 6.34 Å². The molecule has 8 bridgehead atoms. The predicted octanol–water partition coefficient (Wildman–Crippen LogP) is 3.99. The minimum Gasteiger partial charge on any atom is -0.261 e. The smallest absolute Gasteiger partial charge is 0.234 e. The summed E-state index contributed by atoms with van der Waals surface area (Å²) in [5, 5.41) is 0. The molecular formula is C23H35N2+. The fraction of sp³-hybridized carbons (Fsp3) is 0.957. The molecule has 1 heterocycles. The maximum absolute atomic E-state index is 2.87. The summed E-state index contributed by atoms with van der Waals surface area (Å²) in [7, 11) is 0. The summed E-state index contributed by atoms with van der Waals surface area (Å²) in [5.41, 5.74) is 0. The second-order valence-electron chi connectivity index (χ2n) is 11.4. The monoisotopic (exact) mass is 339 g/mol. The van der Waals surface area contributed by atoms with Crippen molar-refractivity contribution in [3.05, 3.63) is 0 Å². The molecule has 0 saturated heterocycles. The normalized spacial score (nSPS) is 58.2. The van der Waals surface area contributed by atoms with Crippen LogP contribution in [0.5, 0.6) is 0 Å². The lowest BCUT2D eigenvalue weighted by atomic mass is 9.54. The van der Waals surface area contributed by atoms with Crippen LogP contribution in [0.2, 0.25) is 0 Å². The van der Waals surface area contributed by atoms with Gasteiger partial charge in [0.25, 0.3) is 0 Å². The Balaban J connectivity index is 1.15. The zero-order valence-electron chi connectivity index (χ0n) is 15.7. The number of hydrogen-bond donors (Lipinski definition) is 0. The minimum atomic E-state index is 0.926. The van der Waals surface area contributed by atoms with Gasteiger partial charge in [-0.15, -0.1) is 0 Å². The summed E-state index contributed by atoms with van der Waals surface area (Å²) in [5.74, 6) is 8.64. The third-order valence-electron chi connectivity index (χ3n) is 10.0. The van der Waals surface area contributed by atoms with E-state index in [0.717, 1.165) is 59.4 Å². The van der Waals surface area contributed by atoms with E-state index < -0.39 is 0 Å². The molecule has 8 saturated carbocycles. The Morgan fingerprint density at radius 1 is 0.600 bits per heavy atom. The second-order valence-corrected chi connectivity index (χ2v) is 11.4. The summed E-state index contributed by atoms with van der Waals surface area (Å²) in [6, 6.07) is 1.85. The van der Waals surface area contributed by atoms with E-state index in [0.29, 0.717) is 0 Å². The predicted molar refractivity (Wildman–Crippen MR) is 99.6 cm³/mol. The fourth-order valence-electron chi connectivity index (χ4n) is 9.87. The maximum atomic E-state index is 2.87. The molecule has 0 amide bonds. The summed E-state index contributed by atoms with van der Waals surface area (Å²) >= 11 is 0. The molecule has 2 nitrogen and oxygen atoms in total. The molecule has 0 aromatic heterocycles. The SMILES string of the molecule is C1=[N+](C2C3CC4CC(C3)CC2C4)CCN1C1C2CC3CC(C2)CC1C3. The van der Waals surface area contributed by atoms with Gasteiger partial charge in [-0.2, -0.15) is 0 Å². The van der Waals surface area contributed by atoms with E-state index in [4.69, 9.17) is 0 Å². The van der Waals surface area contributed by atoms with Crippen molar-refractivity contribution < 1.29 is 4.58 Å². The van der Waals surface area contributed by atoms with Crippen LogP contribution in [0, 0.1) is 47.3 Å². The number of rotatable bonds is 2. The molecule has 8 aliphatic carbocycles. The molecular weight excluding hydrogens is 304 g/mol. The van der Waals surface area contributed by atoms with E-state index in [2.05, 4.69) is 15.8 Å². The van der Waals surface area contributed by atoms with Gasteiger partial charge in [0.05, 0.1) is 0 Å². The van der Waals surface area contributed by atoms with Gasteiger partial charge in [0, 0.05) is 23.7 Å². The zero-order valence-corrected chi connectivity index (χ0v) is 15.7.